The molecule has 0 saturated heterocycles. The van der Waals surface area contributed by atoms with Crippen molar-refractivity contribution in [2.75, 3.05) is 35.5 Å². The molecular formula is C29H32O7. The van der Waals surface area contributed by atoms with Crippen molar-refractivity contribution in [2.24, 2.45) is 0 Å². The van der Waals surface area contributed by atoms with Crippen molar-refractivity contribution in [2.45, 2.75) is 25.7 Å². The monoisotopic (exact) mass is 492 g/mol. The molecule has 190 valence electrons. The minimum Gasteiger partial charge on any atom is -0.496 e. The number of aryl methyl sites for hydroxylation is 4. The molecule has 0 aromatic heterocycles. The van der Waals surface area contributed by atoms with Gasteiger partial charge in [-0.15, -0.1) is 0 Å². The van der Waals surface area contributed by atoms with Crippen molar-refractivity contribution >= 4 is 11.9 Å². The van der Waals surface area contributed by atoms with E-state index in [2.05, 4.69) is 0 Å². The molecule has 0 aliphatic rings. The molecule has 7 heteroatoms. The van der Waals surface area contributed by atoms with Crippen LogP contribution in [0.5, 0.6) is 17.2 Å². The van der Waals surface area contributed by atoms with Crippen molar-refractivity contribution in [3.8, 4) is 17.2 Å². The van der Waals surface area contributed by atoms with E-state index in [-0.39, 0.29) is 5.97 Å². The second-order valence-electron chi connectivity index (χ2n) is 8.19. The van der Waals surface area contributed by atoms with E-state index in [1.54, 1.807) is 32.4 Å². The Morgan fingerprint density at radius 1 is 0.556 bits per heavy atom. The van der Waals surface area contributed by atoms with Crippen LogP contribution in [0, 0.1) is 0 Å². The molecule has 7 nitrogen and oxygen atoms in total. The first-order valence-corrected chi connectivity index (χ1v) is 11.6. The molecule has 3 aromatic carbocycles. The molecule has 0 amide bonds. The summed E-state index contributed by atoms with van der Waals surface area (Å²) in [5, 5.41) is 0. The maximum Gasteiger partial charge on any atom is 0.341 e. The van der Waals surface area contributed by atoms with Crippen LogP contribution in [0.2, 0.25) is 0 Å². The van der Waals surface area contributed by atoms with E-state index in [4.69, 9.17) is 23.7 Å². The number of esters is 2. The number of carbonyl (C=O) groups is 2. The molecule has 36 heavy (non-hydrogen) atoms. The lowest BCUT2D eigenvalue weighted by Gasteiger charge is -2.16. The summed E-state index contributed by atoms with van der Waals surface area (Å²) < 4.78 is 26.1. The van der Waals surface area contributed by atoms with Crippen molar-refractivity contribution in [1.29, 1.82) is 0 Å². The van der Waals surface area contributed by atoms with E-state index in [9.17, 15) is 9.59 Å². The molecule has 0 unspecified atom stereocenters. The molecule has 3 aromatic rings. The van der Waals surface area contributed by atoms with Gasteiger partial charge >= 0.3 is 11.9 Å². The fourth-order valence-electron chi connectivity index (χ4n) is 4.08. The largest absolute Gasteiger partial charge is 0.496 e. The van der Waals surface area contributed by atoms with Gasteiger partial charge in [0.05, 0.1) is 41.1 Å². The molecule has 0 bridgehead atoms. The van der Waals surface area contributed by atoms with Crippen LogP contribution < -0.4 is 14.2 Å². The van der Waals surface area contributed by atoms with E-state index in [1.165, 1.54) is 21.3 Å². The van der Waals surface area contributed by atoms with Crippen molar-refractivity contribution in [1.82, 2.24) is 0 Å². The first-order valence-electron chi connectivity index (χ1n) is 11.6. The minimum atomic E-state index is -0.430. The molecule has 0 aliphatic carbocycles. The Balaban J connectivity index is 1.81. The van der Waals surface area contributed by atoms with Crippen LogP contribution in [0.4, 0.5) is 0 Å². The van der Waals surface area contributed by atoms with Crippen LogP contribution in [0.25, 0.3) is 0 Å². The van der Waals surface area contributed by atoms with E-state index < -0.39 is 5.97 Å². The number of methoxy groups -OCH3 is 5. The van der Waals surface area contributed by atoms with Crippen LogP contribution in [0.1, 0.15) is 43.0 Å². The number of carbonyl (C=O) groups excluding carboxylic acids is 2. The van der Waals surface area contributed by atoms with Gasteiger partial charge in [0, 0.05) is 0 Å². The molecule has 0 fully saturated rings. The summed E-state index contributed by atoms with van der Waals surface area (Å²) in [7, 11) is 7.51. The van der Waals surface area contributed by atoms with Crippen molar-refractivity contribution in [3.05, 3.63) is 88.0 Å². The summed E-state index contributed by atoms with van der Waals surface area (Å²) in [6, 6.07) is 17.0. The highest BCUT2D eigenvalue weighted by molar-refractivity contribution is 5.92. The lowest BCUT2D eigenvalue weighted by atomic mass is 9.94. The zero-order valence-corrected chi connectivity index (χ0v) is 21.4. The fourth-order valence-corrected chi connectivity index (χ4v) is 4.08. The summed E-state index contributed by atoms with van der Waals surface area (Å²) in [4.78, 5) is 23.7. The number of benzene rings is 3. The molecular weight excluding hydrogens is 460 g/mol. The van der Waals surface area contributed by atoms with E-state index in [1.807, 2.05) is 36.4 Å². The normalized spacial score (nSPS) is 10.5. The fraction of sp³-hybridized carbons (Fsp3) is 0.310. The van der Waals surface area contributed by atoms with Gasteiger partial charge in [0.25, 0.3) is 0 Å². The number of rotatable bonds is 11. The Labute approximate surface area is 211 Å². The van der Waals surface area contributed by atoms with Gasteiger partial charge in [-0.2, -0.15) is 0 Å². The van der Waals surface area contributed by atoms with Crippen LogP contribution in [-0.4, -0.2) is 47.5 Å². The molecule has 0 aliphatic heterocycles. The van der Waals surface area contributed by atoms with Crippen LogP contribution in [-0.2, 0) is 35.2 Å². The van der Waals surface area contributed by atoms with Gasteiger partial charge in [-0.1, -0.05) is 18.2 Å². The third-order valence-corrected chi connectivity index (χ3v) is 6.12. The molecule has 3 rings (SSSR count). The standard InChI is InChI=1S/C29H32O7/c1-32-25-16-20(10-15-24(25)29(31)36-5)9-14-23-18-27(34-3)26(33-2)17-22(23)13-8-19-6-11-21(12-7-19)28(30)35-4/h6-7,10-12,15-18H,8-9,13-14H2,1-5H3. The Morgan fingerprint density at radius 2 is 1.06 bits per heavy atom. The number of ether oxygens (including phenoxy) is 5. The molecule has 0 radical (unpaired) electrons. The van der Waals surface area contributed by atoms with E-state index in [0.717, 1.165) is 47.9 Å². The quantitative estimate of drug-likeness (QED) is 0.354. The molecule has 0 heterocycles. The van der Waals surface area contributed by atoms with Gasteiger partial charge in [0.1, 0.15) is 11.3 Å². The first kappa shape index (κ1) is 26.6. The molecule has 0 saturated carbocycles. The maximum absolute atomic E-state index is 12.0. The van der Waals surface area contributed by atoms with Gasteiger partial charge < -0.3 is 23.7 Å². The topological polar surface area (TPSA) is 80.3 Å². The highest BCUT2D eigenvalue weighted by Crippen LogP contribution is 2.32. The van der Waals surface area contributed by atoms with Gasteiger partial charge in [0.15, 0.2) is 11.5 Å². The average molecular weight is 493 g/mol. The van der Waals surface area contributed by atoms with Crippen LogP contribution in [0.3, 0.4) is 0 Å². The minimum absolute atomic E-state index is 0.347. The zero-order valence-electron chi connectivity index (χ0n) is 21.4. The Bertz CT molecular complexity index is 1200. The second-order valence-corrected chi connectivity index (χ2v) is 8.19. The van der Waals surface area contributed by atoms with Crippen LogP contribution >= 0.6 is 0 Å². The highest BCUT2D eigenvalue weighted by Gasteiger charge is 2.15. The average Bonchev–Trinajstić information content (AvgIpc) is 2.93. The van der Waals surface area contributed by atoms with Gasteiger partial charge in [-0.3, -0.25) is 0 Å². The van der Waals surface area contributed by atoms with E-state index >= 15 is 0 Å². The van der Waals surface area contributed by atoms with Crippen molar-refractivity contribution < 1.29 is 33.3 Å². The van der Waals surface area contributed by atoms with Gasteiger partial charge in [-0.05, 0) is 84.3 Å². The van der Waals surface area contributed by atoms with E-state index in [0.29, 0.717) is 28.4 Å². The highest BCUT2D eigenvalue weighted by atomic mass is 16.5. The van der Waals surface area contributed by atoms with Crippen LogP contribution in [0.15, 0.2) is 54.6 Å². The summed E-state index contributed by atoms with van der Waals surface area (Å²) in [6.07, 6.45) is 3.09. The Morgan fingerprint density at radius 3 is 1.56 bits per heavy atom. The maximum atomic E-state index is 12.0. The number of hydrogen-bond acceptors (Lipinski definition) is 7. The predicted octanol–water partition coefficient (Wildman–Crippen LogP) is 4.86. The van der Waals surface area contributed by atoms with Crippen molar-refractivity contribution in [3.63, 3.8) is 0 Å². The zero-order chi connectivity index (χ0) is 26.1. The summed E-state index contributed by atoms with van der Waals surface area (Å²) in [6.45, 7) is 0. The lowest BCUT2D eigenvalue weighted by molar-refractivity contribution is 0.0589. The lowest BCUT2D eigenvalue weighted by Crippen LogP contribution is -2.06. The first-order chi connectivity index (χ1) is 17.4. The SMILES string of the molecule is COC(=O)c1ccc(CCc2cc(OC)c(OC)cc2CCc2ccc(C(=O)OC)c(OC)c2)cc1. The molecule has 0 spiro atoms. The number of hydrogen-bond donors (Lipinski definition) is 0. The summed E-state index contributed by atoms with van der Waals surface area (Å²) >= 11 is 0. The second kappa shape index (κ2) is 12.6. The summed E-state index contributed by atoms with van der Waals surface area (Å²) in [5.41, 5.74) is 5.39. The Hall–Kier alpha value is -4.00. The predicted molar refractivity (Wildman–Crippen MR) is 136 cm³/mol. The summed E-state index contributed by atoms with van der Waals surface area (Å²) in [5.74, 6) is 1.07. The third-order valence-electron chi connectivity index (χ3n) is 6.12. The van der Waals surface area contributed by atoms with Gasteiger partial charge in [-0.25, -0.2) is 9.59 Å². The third kappa shape index (κ3) is 6.36. The molecule has 0 N–H and O–H groups in total. The Kier molecular flexibility index (Phi) is 9.33. The van der Waals surface area contributed by atoms with Gasteiger partial charge in [0.2, 0.25) is 0 Å². The smallest absolute Gasteiger partial charge is 0.341 e. The molecule has 0 atom stereocenters.